The van der Waals surface area contributed by atoms with Gasteiger partial charge in [-0.15, -0.1) is 0 Å². The molecular formula is C14H21NO4S. The lowest BCUT2D eigenvalue weighted by molar-refractivity contribution is 0.346. The van der Waals surface area contributed by atoms with Gasteiger partial charge in [-0.3, -0.25) is 0 Å². The van der Waals surface area contributed by atoms with Gasteiger partial charge < -0.3 is 15.2 Å². The molecule has 1 heterocycles. The average Bonchev–Trinajstić information content (AvgIpc) is 2.63. The van der Waals surface area contributed by atoms with Crippen molar-refractivity contribution in [1.82, 2.24) is 5.32 Å². The summed E-state index contributed by atoms with van der Waals surface area (Å²) >= 11 is 0. The molecule has 2 N–H and O–H groups in total. The van der Waals surface area contributed by atoms with E-state index in [1.165, 1.54) is 0 Å². The first-order valence-electron chi connectivity index (χ1n) is 6.60. The minimum Gasteiger partial charge on any atom is -0.508 e. The standard InChI is InChI=1S/C14H21NO4S/c1-10(12-8-11(19-3)4-5-13(12)16)15-14(2)6-7-20(17,18)9-14/h4-5,8,10,15-16H,6-7,9H2,1-3H3. The Morgan fingerprint density at radius 1 is 1.45 bits per heavy atom. The second-order valence-corrected chi connectivity index (χ2v) is 7.88. The van der Waals surface area contributed by atoms with Crippen molar-refractivity contribution >= 4 is 9.84 Å². The fraction of sp³-hybridized carbons (Fsp3) is 0.571. The van der Waals surface area contributed by atoms with Gasteiger partial charge in [-0.2, -0.15) is 0 Å². The van der Waals surface area contributed by atoms with Gasteiger partial charge in [0.25, 0.3) is 0 Å². The van der Waals surface area contributed by atoms with E-state index in [-0.39, 0.29) is 23.3 Å². The highest BCUT2D eigenvalue weighted by Crippen LogP contribution is 2.32. The summed E-state index contributed by atoms with van der Waals surface area (Å²) in [7, 11) is -1.39. The summed E-state index contributed by atoms with van der Waals surface area (Å²) in [6.45, 7) is 3.82. The zero-order valence-corrected chi connectivity index (χ0v) is 12.8. The largest absolute Gasteiger partial charge is 0.508 e. The quantitative estimate of drug-likeness (QED) is 0.884. The van der Waals surface area contributed by atoms with E-state index in [4.69, 9.17) is 4.74 Å². The molecule has 2 atom stereocenters. The van der Waals surface area contributed by atoms with Crippen LogP contribution in [0.3, 0.4) is 0 Å². The molecule has 0 saturated carbocycles. The Morgan fingerprint density at radius 3 is 2.70 bits per heavy atom. The van der Waals surface area contributed by atoms with E-state index in [1.807, 2.05) is 13.8 Å². The molecule has 0 amide bonds. The molecule has 1 aromatic carbocycles. The predicted molar refractivity (Wildman–Crippen MR) is 77.9 cm³/mol. The van der Waals surface area contributed by atoms with Crippen molar-refractivity contribution in [3.8, 4) is 11.5 Å². The van der Waals surface area contributed by atoms with Gasteiger partial charge in [0.1, 0.15) is 11.5 Å². The number of phenols is 1. The summed E-state index contributed by atoms with van der Waals surface area (Å²) in [5.74, 6) is 1.19. The first-order chi connectivity index (χ1) is 9.25. The topological polar surface area (TPSA) is 75.6 Å². The molecule has 1 saturated heterocycles. The van der Waals surface area contributed by atoms with E-state index in [2.05, 4.69) is 5.32 Å². The summed E-state index contributed by atoms with van der Waals surface area (Å²) < 4.78 is 28.4. The molecule has 0 aromatic heterocycles. The SMILES string of the molecule is COc1ccc(O)c(C(C)NC2(C)CCS(=O)(=O)C2)c1. The molecule has 2 unspecified atom stereocenters. The third-order valence-electron chi connectivity index (χ3n) is 3.77. The van der Waals surface area contributed by atoms with Crippen molar-refractivity contribution in [3.63, 3.8) is 0 Å². The molecule has 0 bridgehead atoms. The number of nitrogens with one attached hydrogen (secondary N) is 1. The molecule has 2 rings (SSSR count). The van der Waals surface area contributed by atoms with Crippen LogP contribution >= 0.6 is 0 Å². The molecule has 20 heavy (non-hydrogen) atoms. The third kappa shape index (κ3) is 3.24. The fourth-order valence-electron chi connectivity index (χ4n) is 2.73. The lowest BCUT2D eigenvalue weighted by Crippen LogP contribution is -2.44. The van der Waals surface area contributed by atoms with Gasteiger partial charge in [-0.1, -0.05) is 0 Å². The van der Waals surface area contributed by atoms with Gasteiger partial charge in [0.2, 0.25) is 0 Å². The first kappa shape index (κ1) is 15.1. The summed E-state index contributed by atoms with van der Waals surface area (Å²) in [6.07, 6.45) is 0.588. The van der Waals surface area contributed by atoms with Gasteiger partial charge in [-0.25, -0.2) is 8.42 Å². The second kappa shape index (κ2) is 5.26. The Morgan fingerprint density at radius 2 is 2.15 bits per heavy atom. The van der Waals surface area contributed by atoms with Crippen LogP contribution in [0.15, 0.2) is 18.2 Å². The highest BCUT2D eigenvalue weighted by Gasteiger charge is 2.39. The zero-order valence-electron chi connectivity index (χ0n) is 12.0. The van der Waals surface area contributed by atoms with Crippen LogP contribution in [0.4, 0.5) is 0 Å². The maximum Gasteiger partial charge on any atom is 0.152 e. The summed E-state index contributed by atoms with van der Waals surface area (Å²) in [6, 6.07) is 4.87. The number of aromatic hydroxyl groups is 1. The van der Waals surface area contributed by atoms with Crippen molar-refractivity contribution in [2.45, 2.75) is 31.8 Å². The van der Waals surface area contributed by atoms with E-state index in [0.717, 1.165) is 0 Å². The lowest BCUT2D eigenvalue weighted by atomic mass is 9.98. The molecule has 0 radical (unpaired) electrons. The van der Waals surface area contributed by atoms with E-state index in [1.54, 1.807) is 25.3 Å². The fourth-order valence-corrected chi connectivity index (χ4v) is 4.84. The van der Waals surface area contributed by atoms with Crippen molar-refractivity contribution in [2.24, 2.45) is 0 Å². The molecule has 5 nitrogen and oxygen atoms in total. The Bertz CT molecular complexity index is 599. The van der Waals surface area contributed by atoms with E-state index in [0.29, 0.717) is 17.7 Å². The minimum absolute atomic E-state index is 0.134. The highest BCUT2D eigenvalue weighted by atomic mass is 32.2. The van der Waals surface area contributed by atoms with Crippen LogP contribution < -0.4 is 10.1 Å². The van der Waals surface area contributed by atoms with Gasteiger partial charge in [0.15, 0.2) is 9.84 Å². The predicted octanol–water partition coefficient (Wildman–Crippen LogP) is 1.63. The van der Waals surface area contributed by atoms with Crippen molar-refractivity contribution in [2.75, 3.05) is 18.6 Å². The number of ether oxygens (including phenoxy) is 1. The molecule has 0 spiro atoms. The molecule has 1 fully saturated rings. The number of phenolic OH excluding ortho intramolecular Hbond substituents is 1. The lowest BCUT2D eigenvalue weighted by Gasteiger charge is -2.29. The molecule has 112 valence electrons. The van der Waals surface area contributed by atoms with Crippen LogP contribution in [0.1, 0.15) is 31.9 Å². The molecular weight excluding hydrogens is 278 g/mol. The van der Waals surface area contributed by atoms with E-state index in [9.17, 15) is 13.5 Å². The van der Waals surface area contributed by atoms with Gasteiger partial charge in [-0.05, 0) is 38.5 Å². The Labute approximate surface area is 119 Å². The summed E-state index contributed by atoms with van der Waals surface area (Å²) in [5.41, 5.74) is 0.253. The van der Waals surface area contributed by atoms with E-state index >= 15 is 0 Å². The number of benzene rings is 1. The van der Waals surface area contributed by atoms with Crippen molar-refractivity contribution in [3.05, 3.63) is 23.8 Å². The zero-order chi connectivity index (χ0) is 15.0. The highest BCUT2D eigenvalue weighted by molar-refractivity contribution is 7.91. The minimum atomic E-state index is -2.95. The Kier molecular flexibility index (Phi) is 3.97. The van der Waals surface area contributed by atoms with Crippen LogP contribution in [0.5, 0.6) is 11.5 Å². The number of hydrogen-bond acceptors (Lipinski definition) is 5. The van der Waals surface area contributed by atoms with Crippen LogP contribution in [-0.4, -0.2) is 37.7 Å². The van der Waals surface area contributed by atoms with Crippen LogP contribution in [-0.2, 0) is 9.84 Å². The van der Waals surface area contributed by atoms with Gasteiger partial charge in [0, 0.05) is 17.1 Å². The third-order valence-corrected chi connectivity index (χ3v) is 5.67. The molecule has 1 aromatic rings. The summed E-state index contributed by atoms with van der Waals surface area (Å²) in [4.78, 5) is 0. The number of hydrogen-bond donors (Lipinski definition) is 2. The van der Waals surface area contributed by atoms with Crippen LogP contribution in [0, 0.1) is 0 Å². The second-order valence-electron chi connectivity index (χ2n) is 5.69. The summed E-state index contributed by atoms with van der Waals surface area (Å²) in [5, 5.41) is 13.3. The van der Waals surface area contributed by atoms with Gasteiger partial charge in [0.05, 0.1) is 18.6 Å². The average molecular weight is 299 g/mol. The normalized spacial score (nSPS) is 26.4. The van der Waals surface area contributed by atoms with Crippen LogP contribution in [0.2, 0.25) is 0 Å². The van der Waals surface area contributed by atoms with Gasteiger partial charge >= 0.3 is 0 Å². The molecule has 1 aliphatic rings. The van der Waals surface area contributed by atoms with E-state index < -0.39 is 15.4 Å². The maximum atomic E-state index is 11.6. The smallest absolute Gasteiger partial charge is 0.152 e. The molecule has 1 aliphatic heterocycles. The monoisotopic (exact) mass is 299 g/mol. The van der Waals surface area contributed by atoms with Crippen LogP contribution in [0.25, 0.3) is 0 Å². The maximum absolute atomic E-state index is 11.6. The molecule has 0 aliphatic carbocycles. The van der Waals surface area contributed by atoms with Crippen molar-refractivity contribution in [1.29, 1.82) is 0 Å². The Hall–Kier alpha value is -1.27. The first-order valence-corrected chi connectivity index (χ1v) is 8.42. The number of sulfone groups is 1. The number of rotatable bonds is 4. The van der Waals surface area contributed by atoms with Crippen molar-refractivity contribution < 1.29 is 18.3 Å². The molecule has 6 heteroatoms. The number of methoxy groups -OCH3 is 1. The Balaban J connectivity index is 2.18.